The van der Waals surface area contributed by atoms with Gasteiger partial charge in [-0.2, -0.15) is 0 Å². The number of unbranched alkanes of at least 4 members (excludes halogenated alkanes) is 17. The molecule has 33 heavy (non-hydrogen) atoms. The third kappa shape index (κ3) is 17.3. The molecule has 0 saturated heterocycles. The summed E-state index contributed by atoms with van der Waals surface area (Å²) in [6.07, 6.45) is 35.5. The van der Waals surface area contributed by atoms with Gasteiger partial charge < -0.3 is 0 Å². The van der Waals surface area contributed by atoms with Gasteiger partial charge in [0, 0.05) is 6.42 Å². The van der Waals surface area contributed by atoms with E-state index < -0.39 is 0 Å². The summed E-state index contributed by atoms with van der Waals surface area (Å²) in [5.74, 6) is 2.30. The van der Waals surface area contributed by atoms with Crippen molar-refractivity contribution in [3.63, 3.8) is 0 Å². The van der Waals surface area contributed by atoms with Crippen LogP contribution in [0.1, 0.15) is 174 Å². The Morgan fingerprint density at radius 2 is 1.06 bits per heavy atom. The monoisotopic (exact) mass is 461 g/mol. The number of imidazole rings is 1. The molecule has 0 aliphatic rings. The third-order valence-corrected chi connectivity index (χ3v) is 7.44. The van der Waals surface area contributed by atoms with Crippen molar-refractivity contribution in [2.45, 2.75) is 175 Å². The number of aromatic nitrogens is 2. The number of hydrogen-bond acceptors (Lipinski definition) is 0. The molecule has 1 aromatic heterocycles. The maximum atomic E-state index is 3.52. The summed E-state index contributed by atoms with van der Waals surface area (Å²) in [7, 11) is 0. The van der Waals surface area contributed by atoms with Crippen LogP contribution < -0.4 is 4.57 Å². The summed E-state index contributed by atoms with van der Waals surface area (Å²) < 4.78 is 2.51. The molecule has 0 aliphatic heterocycles. The van der Waals surface area contributed by atoms with Crippen molar-refractivity contribution in [2.24, 2.45) is 5.92 Å². The summed E-state index contributed by atoms with van der Waals surface area (Å²) in [4.78, 5) is 3.52. The summed E-state index contributed by atoms with van der Waals surface area (Å²) in [6, 6.07) is 0.634. The van der Waals surface area contributed by atoms with E-state index in [4.69, 9.17) is 0 Å². The van der Waals surface area contributed by atoms with Gasteiger partial charge in [0.2, 0.25) is 0 Å². The largest absolute Gasteiger partial charge is 0.254 e. The quantitative estimate of drug-likeness (QED) is 0.117. The molecule has 0 aromatic carbocycles. The van der Waals surface area contributed by atoms with Crippen LogP contribution in [0.5, 0.6) is 0 Å². The van der Waals surface area contributed by atoms with Crippen molar-refractivity contribution >= 4 is 0 Å². The topological polar surface area (TPSA) is 19.7 Å². The molecule has 1 unspecified atom stereocenters. The number of nitrogens with one attached hydrogen (secondary N) is 1. The molecule has 194 valence electrons. The molecule has 1 rings (SSSR count). The van der Waals surface area contributed by atoms with Gasteiger partial charge in [0.1, 0.15) is 12.4 Å². The normalized spacial score (nSPS) is 12.6. The molecule has 0 aliphatic carbocycles. The Kier molecular flexibility index (Phi) is 19.9. The highest BCUT2D eigenvalue weighted by atomic mass is 15.1. The predicted molar refractivity (Wildman–Crippen MR) is 147 cm³/mol. The average molecular weight is 462 g/mol. The van der Waals surface area contributed by atoms with Gasteiger partial charge in [-0.1, -0.05) is 136 Å². The van der Waals surface area contributed by atoms with E-state index in [1.165, 1.54) is 147 Å². The second-order valence-electron chi connectivity index (χ2n) is 11.2. The van der Waals surface area contributed by atoms with Crippen molar-refractivity contribution < 1.29 is 4.57 Å². The lowest BCUT2D eigenvalue weighted by Gasteiger charge is -2.11. The minimum atomic E-state index is 0.634. The zero-order chi connectivity index (χ0) is 24.0. The van der Waals surface area contributed by atoms with Gasteiger partial charge in [0.05, 0.1) is 6.04 Å². The van der Waals surface area contributed by atoms with Gasteiger partial charge in [-0.25, -0.2) is 9.55 Å². The standard InChI is InChI=1S/C31H60N2/c1-5-6-7-8-9-10-11-12-13-14-15-16-19-22-25-30(4)33-28-27-32-31(33)26-23-20-17-18-21-24-29(2)3/h27-30H,5-26H2,1-4H3/p+1. The first-order valence-corrected chi connectivity index (χ1v) is 15.2. The molecule has 0 amide bonds. The van der Waals surface area contributed by atoms with E-state index in [0.717, 1.165) is 5.92 Å². The average Bonchev–Trinajstić information content (AvgIpc) is 3.27. The lowest BCUT2D eigenvalue weighted by atomic mass is 10.0. The van der Waals surface area contributed by atoms with E-state index in [-0.39, 0.29) is 0 Å². The Bertz CT molecular complexity index is 519. The summed E-state index contributed by atoms with van der Waals surface area (Å²) in [5, 5.41) is 0. The number of hydrogen-bond donors (Lipinski definition) is 1. The number of aryl methyl sites for hydroxylation is 1. The van der Waals surface area contributed by atoms with Gasteiger partial charge in [-0.15, -0.1) is 0 Å². The van der Waals surface area contributed by atoms with Crippen LogP contribution in [-0.2, 0) is 6.42 Å². The molecule has 0 radical (unpaired) electrons. The highest BCUT2D eigenvalue weighted by Crippen LogP contribution is 2.16. The predicted octanol–water partition coefficient (Wildman–Crippen LogP) is 10.3. The third-order valence-electron chi connectivity index (χ3n) is 7.44. The number of rotatable bonds is 24. The lowest BCUT2D eigenvalue weighted by molar-refractivity contribution is -0.726. The van der Waals surface area contributed by atoms with Crippen molar-refractivity contribution in [3.05, 3.63) is 18.2 Å². The number of aromatic amines is 1. The van der Waals surface area contributed by atoms with E-state index in [1.807, 2.05) is 0 Å². The first-order valence-electron chi connectivity index (χ1n) is 15.2. The van der Waals surface area contributed by atoms with Gasteiger partial charge in [-0.3, -0.25) is 0 Å². The van der Waals surface area contributed by atoms with Crippen LogP contribution in [0, 0.1) is 5.92 Å². The molecule has 0 bridgehead atoms. The molecule has 1 heterocycles. The maximum absolute atomic E-state index is 3.52. The number of nitrogens with zero attached hydrogens (tertiary/aromatic N) is 1. The molecular weight excluding hydrogens is 400 g/mol. The van der Waals surface area contributed by atoms with E-state index >= 15 is 0 Å². The second-order valence-corrected chi connectivity index (χ2v) is 11.2. The van der Waals surface area contributed by atoms with Crippen LogP contribution in [0.2, 0.25) is 0 Å². The summed E-state index contributed by atoms with van der Waals surface area (Å²) in [5.41, 5.74) is 0. The molecule has 2 heteroatoms. The van der Waals surface area contributed by atoms with Crippen LogP contribution in [0.25, 0.3) is 0 Å². The van der Waals surface area contributed by atoms with E-state index in [2.05, 4.69) is 49.6 Å². The lowest BCUT2D eigenvalue weighted by Crippen LogP contribution is -2.39. The Morgan fingerprint density at radius 3 is 1.58 bits per heavy atom. The highest BCUT2D eigenvalue weighted by Gasteiger charge is 2.16. The van der Waals surface area contributed by atoms with Gasteiger partial charge in [0.25, 0.3) is 5.82 Å². The molecule has 0 spiro atoms. The van der Waals surface area contributed by atoms with Crippen LogP contribution in [-0.4, -0.2) is 4.98 Å². The Labute approximate surface area is 208 Å². The second kappa shape index (κ2) is 21.7. The zero-order valence-electron chi connectivity index (χ0n) is 23.3. The van der Waals surface area contributed by atoms with E-state index in [0.29, 0.717) is 6.04 Å². The summed E-state index contributed by atoms with van der Waals surface area (Å²) >= 11 is 0. The van der Waals surface area contributed by atoms with Gasteiger partial charge in [0.15, 0.2) is 0 Å². The fraction of sp³-hybridized carbons (Fsp3) is 0.903. The van der Waals surface area contributed by atoms with Gasteiger partial charge in [-0.05, 0) is 32.1 Å². The fourth-order valence-electron chi connectivity index (χ4n) is 5.14. The van der Waals surface area contributed by atoms with Crippen LogP contribution in [0.4, 0.5) is 0 Å². The van der Waals surface area contributed by atoms with Crippen molar-refractivity contribution in [1.82, 2.24) is 4.98 Å². The fourth-order valence-corrected chi connectivity index (χ4v) is 5.14. The molecule has 1 aromatic rings. The first kappa shape index (κ1) is 30.2. The van der Waals surface area contributed by atoms with Crippen molar-refractivity contribution in [3.8, 4) is 0 Å². The minimum Gasteiger partial charge on any atom is -0.248 e. The molecule has 2 nitrogen and oxygen atoms in total. The molecule has 0 fully saturated rings. The van der Waals surface area contributed by atoms with E-state index in [9.17, 15) is 0 Å². The van der Waals surface area contributed by atoms with Crippen molar-refractivity contribution in [1.29, 1.82) is 0 Å². The molecule has 1 N–H and O–H groups in total. The Morgan fingerprint density at radius 1 is 0.606 bits per heavy atom. The molecule has 1 atom stereocenters. The van der Waals surface area contributed by atoms with Crippen molar-refractivity contribution in [2.75, 3.05) is 0 Å². The Balaban J connectivity index is 1.97. The first-order chi connectivity index (χ1) is 16.1. The van der Waals surface area contributed by atoms with Crippen LogP contribution in [0.3, 0.4) is 0 Å². The minimum absolute atomic E-state index is 0.634. The smallest absolute Gasteiger partial charge is 0.248 e. The molecular formula is C31H61N2+. The van der Waals surface area contributed by atoms with Gasteiger partial charge >= 0.3 is 0 Å². The van der Waals surface area contributed by atoms with E-state index in [1.54, 1.807) is 0 Å². The maximum Gasteiger partial charge on any atom is 0.254 e. The number of H-pyrrole nitrogens is 1. The molecule has 0 saturated carbocycles. The summed E-state index contributed by atoms with van der Waals surface area (Å²) in [6.45, 7) is 9.38. The SMILES string of the molecule is CCCCCCCCCCCCCCCCC(C)[n+]1cc[nH]c1CCCCCCCC(C)C. The Hall–Kier alpha value is -0.790. The highest BCUT2D eigenvalue weighted by molar-refractivity contribution is 4.78. The van der Waals surface area contributed by atoms with Crippen LogP contribution >= 0.6 is 0 Å². The van der Waals surface area contributed by atoms with Crippen LogP contribution in [0.15, 0.2) is 12.4 Å². The zero-order valence-corrected chi connectivity index (χ0v) is 23.3.